The maximum atomic E-state index is 12.6. The lowest BCUT2D eigenvalue weighted by atomic mass is 10.1. The lowest BCUT2D eigenvalue weighted by molar-refractivity contribution is -0.137. The van der Waals surface area contributed by atoms with Crippen LogP contribution >= 0.6 is 11.6 Å². The van der Waals surface area contributed by atoms with Crippen LogP contribution in [0.4, 0.5) is 13.2 Å². The molecule has 2 aromatic rings. The molecule has 4 nitrogen and oxygen atoms in total. The third kappa shape index (κ3) is 4.02. The molecule has 1 atom stereocenters. The van der Waals surface area contributed by atoms with Gasteiger partial charge in [-0.15, -0.1) is 0 Å². The SMILES string of the molecule is O=C(NC[C@@H](O)c1cccc(C(F)(F)F)c1)c1ccc(Cl)o1. The van der Waals surface area contributed by atoms with Gasteiger partial charge in [-0.3, -0.25) is 4.79 Å². The summed E-state index contributed by atoms with van der Waals surface area (Å²) in [6, 6.07) is 6.99. The summed E-state index contributed by atoms with van der Waals surface area (Å²) in [5.41, 5.74) is -0.819. The molecule has 2 rings (SSSR count). The minimum Gasteiger partial charge on any atom is -0.440 e. The molecule has 0 saturated heterocycles. The predicted octanol–water partition coefficient (Wildman–Crippen LogP) is 3.42. The number of halogens is 4. The van der Waals surface area contributed by atoms with Gasteiger partial charge in [-0.25, -0.2) is 0 Å². The molecule has 1 amide bonds. The normalized spacial score (nSPS) is 13.0. The van der Waals surface area contributed by atoms with Crippen LogP contribution in [-0.2, 0) is 6.18 Å². The van der Waals surface area contributed by atoms with Gasteiger partial charge in [-0.2, -0.15) is 13.2 Å². The zero-order valence-corrected chi connectivity index (χ0v) is 11.8. The number of rotatable bonds is 4. The van der Waals surface area contributed by atoms with Crippen LogP contribution in [0, 0.1) is 0 Å². The van der Waals surface area contributed by atoms with Crippen molar-refractivity contribution in [1.82, 2.24) is 5.32 Å². The fourth-order valence-electron chi connectivity index (χ4n) is 1.75. The maximum Gasteiger partial charge on any atom is 0.416 e. The zero-order chi connectivity index (χ0) is 16.3. The Morgan fingerprint density at radius 3 is 2.64 bits per heavy atom. The smallest absolute Gasteiger partial charge is 0.416 e. The number of amides is 1. The van der Waals surface area contributed by atoms with E-state index in [9.17, 15) is 23.1 Å². The molecular weight excluding hydrogens is 323 g/mol. The molecule has 22 heavy (non-hydrogen) atoms. The number of aliphatic hydroxyl groups is 1. The van der Waals surface area contributed by atoms with Gasteiger partial charge in [0.15, 0.2) is 11.0 Å². The van der Waals surface area contributed by atoms with Gasteiger partial charge in [0.05, 0.1) is 11.7 Å². The second-order valence-corrected chi connectivity index (χ2v) is 4.83. The van der Waals surface area contributed by atoms with Crippen molar-refractivity contribution in [1.29, 1.82) is 0 Å². The molecule has 0 bridgehead atoms. The minimum absolute atomic E-state index is 0.0311. The van der Waals surface area contributed by atoms with Crippen LogP contribution < -0.4 is 5.32 Å². The molecule has 1 aromatic carbocycles. The van der Waals surface area contributed by atoms with E-state index in [1.807, 2.05) is 0 Å². The number of nitrogens with one attached hydrogen (secondary N) is 1. The van der Waals surface area contributed by atoms with Gasteiger partial charge in [-0.05, 0) is 41.4 Å². The van der Waals surface area contributed by atoms with Crippen LogP contribution in [0.15, 0.2) is 40.8 Å². The van der Waals surface area contributed by atoms with Crippen LogP contribution in [0.2, 0.25) is 5.22 Å². The van der Waals surface area contributed by atoms with Crippen molar-refractivity contribution in [3.8, 4) is 0 Å². The van der Waals surface area contributed by atoms with E-state index in [-0.39, 0.29) is 23.1 Å². The van der Waals surface area contributed by atoms with Gasteiger partial charge in [0, 0.05) is 6.54 Å². The number of hydrogen-bond acceptors (Lipinski definition) is 3. The summed E-state index contributed by atoms with van der Waals surface area (Å²) in [4.78, 5) is 11.7. The highest BCUT2D eigenvalue weighted by atomic mass is 35.5. The molecule has 0 radical (unpaired) electrons. The zero-order valence-electron chi connectivity index (χ0n) is 11.0. The van der Waals surface area contributed by atoms with Crippen molar-refractivity contribution in [3.63, 3.8) is 0 Å². The minimum atomic E-state index is -4.50. The van der Waals surface area contributed by atoms with E-state index in [0.29, 0.717) is 0 Å². The van der Waals surface area contributed by atoms with Gasteiger partial charge in [0.2, 0.25) is 0 Å². The van der Waals surface area contributed by atoms with Crippen LogP contribution in [-0.4, -0.2) is 17.6 Å². The Kier molecular flexibility index (Phi) is 4.77. The van der Waals surface area contributed by atoms with E-state index < -0.39 is 23.8 Å². The Morgan fingerprint density at radius 1 is 1.32 bits per heavy atom. The molecule has 1 aromatic heterocycles. The molecular formula is C14H11ClF3NO3. The van der Waals surface area contributed by atoms with Crippen LogP contribution in [0.25, 0.3) is 0 Å². The largest absolute Gasteiger partial charge is 0.440 e. The lowest BCUT2D eigenvalue weighted by Gasteiger charge is -2.14. The summed E-state index contributed by atoms with van der Waals surface area (Å²) in [6.07, 6.45) is -5.78. The van der Waals surface area contributed by atoms with Gasteiger partial charge in [0.1, 0.15) is 0 Å². The quantitative estimate of drug-likeness (QED) is 0.901. The summed E-state index contributed by atoms with van der Waals surface area (Å²) >= 11 is 5.52. The van der Waals surface area contributed by atoms with E-state index in [0.717, 1.165) is 12.1 Å². The van der Waals surface area contributed by atoms with Crippen molar-refractivity contribution in [3.05, 3.63) is 58.5 Å². The number of alkyl halides is 3. The highest BCUT2D eigenvalue weighted by molar-refractivity contribution is 6.29. The summed E-state index contributed by atoms with van der Waals surface area (Å²) in [7, 11) is 0. The summed E-state index contributed by atoms with van der Waals surface area (Å²) in [5.74, 6) is -0.681. The van der Waals surface area contributed by atoms with E-state index in [4.69, 9.17) is 16.0 Å². The fraction of sp³-hybridized carbons (Fsp3) is 0.214. The molecule has 0 unspecified atom stereocenters. The van der Waals surface area contributed by atoms with E-state index in [2.05, 4.69) is 5.32 Å². The number of furan rings is 1. The number of benzene rings is 1. The van der Waals surface area contributed by atoms with Crippen molar-refractivity contribution >= 4 is 17.5 Å². The highest BCUT2D eigenvalue weighted by Gasteiger charge is 2.30. The first kappa shape index (κ1) is 16.4. The third-order valence-electron chi connectivity index (χ3n) is 2.85. The average Bonchev–Trinajstić information content (AvgIpc) is 2.90. The molecule has 0 saturated carbocycles. The number of carbonyl (C=O) groups excluding carboxylic acids is 1. The first-order valence-corrected chi connectivity index (χ1v) is 6.54. The van der Waals surface area contributed by atoms with E-state index >= 15 is 0 Å². The number of carbonyl (C=O) groups is 1. The number of hydrogen-bond donors (Lipinski definition) is 2. The molecule has 1 heterocycles. The van der Waals surface area contributed by atoms with Crippen molar-refractivity contribution in [2.75, 3.05) is 6.54 Å². The Morgan fingerprint density at radius 2 is 2.05 bits per heavy atom. The second kappa shape index (κ2) is 6.41. The molecule has 8 heteroatoms. The van der Waals surface area contributed by atoms with Crippen molar-refractivity contribution in [2.24, 2.45) is 0 Å². The standard InChI is InChI=1S/C14H11ClF3NO3/c15-12-5-4-11(22-12)13(21)19-7-10(20)8-2-1-3-9(6-8)14(16,17)18/h1-6,10,20H,7H2,(H,19,21)/t10-/m1/s1. The maximum absolute atomic E-state index is 12.6. The molecule has 0 aliphatic rings. The molecule has 0 spiro atoms. The Labute approximate surface area is 128 Å². The van der Waals surface area contributed by atoms with Crippen LogP contribution in [0.3, 0.4) is 0 Å². The van der Waals surface area contributed by atoms with Crippen LogP contribution in [0.5, 0.6) is 0 Å². The fourth-order valence-corrected chi connectivity index (χ4v) is 1.90. The molecule has 0 aliphatic heterocycles. The first-order chi connectivity index (χ1) is 10.3. The molecule has 0 aliphatic carbocycles. The average molecular weight is 334 g/mol. The van der Waals surface area contributed by atoms with Gasteiger partial charge < -0.3 is 14.8 Å². The van der Waals surface area contributed by atoms with Crippen molar-refractivity contribution < 1.29 is 27.5 Å². The van der Waals surface area contributed by atoms with Gasteiger partial charge >= 0.3 is 6.18 Å². The molecule has 118 valence electrons. The van der Waals surface area contributed by atoms with E-state index in [1.165, 1.54) is 24.3 Å². The first-order valence-electron chi connectivity index (χ1n) is 6.16. The Bertz CT molecular complexity index is 669. The van der Waals surface area contributed by atoms with Crippen LogP contribution in [0.1, 0.15) is 27.8 Å². The summed E-state index contributed by atoms with van der Waals surface area (Å²) in [6.45, 7) is -0.265. The van der Waals surface area contributed by atoms with Gasteiger partial charge in [-0.1, -0.05) is 12.1 Å². The Hall–Kier alpha value is -1.99. The highest BCUT2D eigenvalue weighted by Crippen LogP contribution is 2.30. The van der Waals surface area contributed by atoms with E-state index in [1.54, 1.807) is 0 Å². The summed E-state index contributed by atoms with van der Waals surface area (Å²) in [5, 5.41) is 12.3. The van der Waals surface area contributed by atoms with Crippen molar-refractivity contribution in [2.45, 2.75) is 12.3 Å². The Balaban J connectivity index is 2.00. The predicted molar refractivity (Wildman–Crippen MR) is 72.5 cm³/mol. The summed E-state index contributed by atoms with van der Waals surface area (Å²) < 4.78 is 42.6. The monoisotopic (exact) mass is 333 g/mol. The molecule has 2 N–H and O–H groups in total. The second-order valence-electron chi connectivity index (χ2n) is 4.45. The number of aliphatic hydroxyl groups excluding tert-OH is 1. The topological polar surface area (TPSA) is 62.5 Å². The third-order valence-corrected chi connectivity index (χ3v) is 3.05. The van der Waals surface area contributed by atoms with Gasteiger partial charge in [0.25, 0.3) is 5.91 Å². The molecule has 0 fully saturated rings. The lowest BCUT2D eigenvalue weighted by Crippen LogP contribution is -2.28.